The van der Waals surface area contributed by atoms with Crippen LogP contribution in [0.25, 0.3) is 11.1 Å². The Morgan fingerprint density at radius 1 is 1.12 bits per heavy atom. The smallest absolute Gasteiger partial charge is 0.408 e. The van der Waals surface area contributed by atoms with Gasteiger partial charge in [0.1, 0.15) is 6.33 Å². The van der Waals surface area contributed by atoms with Crippen LogP contribution in [0.15, 0.2) is 64.2 Å². The number of aromatic nitrogens is 3. The van der Waals surface area contributed by atoms with E-state index in [0.29, 0.717) is 16.9 Å². The summed E-state index contributed by atoms with van der Waals surface area (Å²) in [5.41, 5.74) is 8.56. The Morgan fingerprint density at radius 3 is 2.81 bits per heavy atom. The van der Waals surface area contributed by atoms with Gasteiger partial charge in [0.2, 0.25) is 0 Å². The van der Waals surface area contributed by atoms with E-state index in [0.717, 1.165) is 22.5 Å². The molecule has 0 unspecified atom stereocenters. The van der Waals surface area contributed by atoms with Gasteiger partial charge in [-0.05, 0) is 49.2 Å². The highest BCUT2D eigenvalue weighted by atomic mass is 16.4. The molecule has 130 valence electrons. The molecule has 0 aliphatic heterocycles. The number of rotatable bonds is 4. The lowest BCUT2D eigenvalue weighted by atomic mass is 10.1. The van der Waals surface area contributed by atoms with Crippen LogP contribution in [0, 0.1) is 13.8 Å². The Kier molecular flexibility index (Phi) is 3.89. The number of benzene rings is 2. The maximum Gasteiger partial charge on any atom is 0.417 e. The van der Waals surface area contributed by atoms with Gasteiger partial charge < -0.3 is 4.42 Å². The molecule has 0 saturated carbocycles. The molecule has 0 fully saturated rings. The third kappa shape index (κ3) is 3.02. The van der Waals surface area contributed by atoms with Crippen molar-refractivity contribution in [1.29, 1.82) is 0 Å². The van der Waals surface area contributed by atoms with Crippen LogP contribution < -0.4 is 16.2 Å². The van der Waals surface area contributed by atoms with Crippen molar-refractivity contribution in [3.8, 4) is 0 Å². The van der Waals surface area contributed by atoms with Crippen molar-refractivity contribution in [2.45, 2.75) is 13.8 Å². The zero-order valence-electron chi connectivity index (χ0n) is 14.4. The first-order chi connectivity index (χ1) is 12.6. The predicted octanol–water partition coefficient (Wildman–Crippen LogP) is 3.69. The van der Waals surface area contributed by atoms with Crippen molar-refractivity contribution >= 4 is 28.3 Å². The Bertz CT molecular complexity index is 1120. The molecule has 0 saturated heterocycles. The molecule has 4 aromatic rings. The standard InChI is InChI=1S/C19H17N5O2/c1-12-3-4-13(2)15(9-12)23-24(18-7-8-20-11-21-18)14-5-6-17-16(10-14)22-19(25)26-17/h3-11,23H,1-2H3,(H,22,25). The van der Waals surface area contributed by atoms with Crippen molar-refractivity contribution in [3.63, 3.8) is 0 Å². The van der Waals surface area contributed by atoms with Gasteiger partial charge in [0.15, 0.2) is 11.4 Å². The van der Waals surface area contributed by atoms with E-state index in [1.165, 1.54) is 6.33 Å². The summed E-state index contributed by atoms with van der Waals surface area (Å²) in [4.78, 5) is 22.5. The second-order valence-corrected chi connectivity index (χ2v) is 6.03. The Labute approximate surface area is 149 Å². The molecule has 2 heterocycles. The number of fused-ring (bicyclic) bond motifs is 1. The number of aromatic amines is 1. The number of hydrogen-bond donors (Lipinski definition) is 2. The lowest BCUT2D eigenvalue weighted by Crippen LogP contribution is -2.26. The molecule has 2 N–H and O–H groups in total. The summed E-state index contributed by atoms with van der Waals surface area (Å²) >= 11 is 0. The molecular weight excluding hydrogens is 330 g/mol. The van der Waals surface area contributed by atoms with Crippen molar-refractivity contribution in [1.82, 2.24) is 15.0 Å². The number of nitrogens with zero attached hydrogens (tertiary/aromatic N) is 3. The van der Waals surface area contributed by atoms with Crippen LogP contribution >= 0.6 is 0 Å². The van der Waals surface area contributed by atoms with E-state index in [2.05, 4.69) is 38.6 Å². The van der Waals surface area contributed by atoms with Crippen LogP contribution in [0.1, 0.15) is 11.1 Å². The van der Waals surface area contributed by atoms with Gasteiger partial charge in [-0.3, -0.25) is 10.4 Å². The van der Waals surface area contributed by atoms with Crippen LogP contribution in [0.5, 0.6) is 0 Å². The summed E-state index contributed by atoms with van der Waals surface area (Å²) in [7, 11) is 0. The van der Waals surface area contributed by atoms with Gasteiger partial charge in [0, 0.05) is 12.3 Å². The highest BCUT2D eigenvalue weighted by Gasteiger charge is 2.14. The predicted molar refractivity (Wildman–Crippen MR) is 101 cm³/mol. The van der Waals surface area contributed by atoms with Gasteiger partial charge >= 0.3 is 5.76 Å². The maximum absolute atomic E-state index is 11.4. The van der Waals surface area contributed by atoms with E-state index in [1.54, 1.807) is 18.3 Å². The van der Waals surface area contributed by atoms with E-state index < -0.39 is 5.76 Å². The summed E-state index contributed by atoms with van der Waals surface area (Å²) in [6, 6.07) is 13.5. The molecule has 0 spiro atoms. The number of aryl methyl sites for hydroxylation is 2. The fraction of sp³-hybridized carbons (Fsp3) is 0.105. The van der Waals surface area contributed by atoms with Crippen molar-refractivity contribution < 1.29 is 4.42 Å². The van der Waals surface area contributed by atoms with Crippen LogP contribution in [-0.4, -0.2) is 15.0 Å². The monoisotopic (exact) mass is 347 g/mol. The zero-order chi connectivity index (χ0) is 18.1. The van der Waals surface area contributed by atoms with E-state index in [-0.39, 0.29) is 0 Å². The topological polar surface area (TPSA) is 87.0 Å². The highest BCUT2D eigenvalue weighted by molar-refractivity contribution is 5.80. The molecule has 7 nitrogen and oxygen atoms in total. The highest BCUT2D eigenvalue weighted by Crippen LogP contribution is 2.28. The summed E-state index contributed by atoms with van der Waals surface area (Å²) < 4.78 is 5.09. The summed E-state index contributed by atoms with van der Waals surface area (Å²) in [6.45, 7) is 4.08. The number of oxazole rings is 1. The molecule has 2 aromatic carbocycles. The Hall–Kier alpha value is -3.61. The van der Waals surface area contributed by atoms with Gasteiger partial charge in [-0.25, -0.2) is 19.8 Å². The summed E-state index contributed by atoms with van der Waals surface area (Å²) in [5.74, 6) is 0.194. The zero-order valence-corrected chi connectivity index (χ0v) is 14.4. The quantitative estimate of drug-likeness (QED) is 0.548. The molecule has 26 heavy (non-hydrogen) atoms. The van der Waals surface area contributed by atoms with E-state index in [1.807, 2.05) is 31.0 Å². The average Bonchev–Trinajstić information content (AvgIpc) is 3.02. The van der Waals surface area contributed by atoms with Gasteiger partial charge in [-0.1, -0.05) is 12.1 Å². The number of H-pyrrole nitrogens is 1. The number of hydrazine groups is 1. The van der Waals surface area contributed by atoms with Crippen molar-refractivity contribution in [2.75, 3.05) is 10.4 Å². The lowest BCUT2D eigenvalue weighted by Gasteiger charge is -2.26. The second-order valence-electron chi connectivity index (χ2n) is 6.03. The first-order valence-electron chi connectivity index (χ1n) is 8.13. The third-order valence-electron chi connectivity index (χ3n) is 4.08. The molecule has 0 aliphatic carbocycles. The number of hydrogen-bond acceptors (Lipinski definition) is 6. The number of nitrogens with one attached hydrogen (secondary N) is 2. The maximum atomic E-state index is 11.4. The van der Waals surface area contributed by atoms with Gasteiger partial charge in [-0.2, -0.15) is 0 Å². The van der Waals surface area contributed by atoms with E-state index >= 15 is 0 Å². The largest absolute Gasteiger partial charge is 0.417 e. The molecule has 4 rings (SSSR count). The number of anilines is 3. The third-order valence-corrected chi connectivity index (χ3v) is 4.08. The molecule has 0 radical (unpaired) electrons. The molecule has 0 amide bonds. The fourth-order valence-electron chi connectivity index (χ4n) is 2.73. The van der Waals surface area contributed by atoms with E-state index in [9.17, 15) is 4.79 Å². The minimum Gasteiger partial charge on any atom is -0.408 e. The Morgan fingerprint density at radius 2 is 2.00 bits per heavy atom. The first kappa shape index (κ1) is 15.9. The summed E-state index contributed by atoms with van der Waals surface area (Å²) in [5, 5.41) is 1.84. The average molecular weight is 347 g/mol. The van der Waals surface area contributed by atoms with Crippen molar-refractivity contribution in [2.24, 2.45) is 0 Å². The molecule has 0 bridgehead atoms. The lowest BCUT2D eigenvalue weighted by molar-refractivity contribution is 0.555. The van der Waals surface area contributed by atoms with Crippen LogP contribution in [0.3, 0.4) is 0 Å². The fourth-order valence-corrected chi connectivity index (χ4v) is 2.73. The van der Waals surface area contributed by atoms with Gasteiger partial charge in [-0.15, -0.1) is 0 Å². The molecule has 0 aliphatic rings. The minimum absolute atomic E-state index is 0.478. The molecule has 2 aromatic heterocycles. The summed E-state index contributed by atoms with van der Waals surface area (Å²) in [6.07, 6.45) is 3.17. The van der Waals surface area contributed by atoms with Crippen LogP contribution in [0.4, 0.5) is 17.2 Å². The van der Waals surface area contributed by atoms with Crippen LogP contribution in [-0.2, 0) is 0 Å². The second kappa shape index (κ2) is 6.36. The van der Waals surface area contributed by atoms with E-state index in [4.69, 9.17) is 4.42 Å². The Balaban J connectivity index is 1.82. The molecule has 0 atom stereocenters. The molecular formula is C19H17N5O2. The molecule has 7 heteroatoms. The van der Waals surface area contributed by atoms with Gasteiger partial charge in [0.05, 0.1) is 16.9 Å². The van der Waals surface area contributed by atoms with Crippen molar-refractivity contribution in [3.05, 3.63) is 76.7 Å². The SMILES string of the molecule is Cc1ccc(C)c(NN(c2ccc3oc(=O)[nH]c3c2)c2ccncn2)c1. The minimum atomic E-state index is -0.478. The van der Waals surface area contributed by atoms with Gasteiger partial charge in [0.25, 0.3) is 0 Å². The normalized spacial score (nSPS) is 10.8. The van der Waals surface area contributed by atoms with Crippen LogP contribution in [0.2, 0.25) is 0 Å². The first-order valence-corrected chi connectivity index (χ1v) is 8.13.